The number of nitrogen functional groups attached to an aromatic ring is 1. The van der Waals surface area contributed by atoms with Gasteiger partial charge in [-0.1, -0.05) is 20.8 Å². The molecule has 12 heavy (non-hydrogen) atoms. The third-order valence-electron chi connectivity index (χ3n) is 2.32. The molecule has 1 aromatic rings. The molecule has 0 aliphatic rings. The van der Waals surface area contributed by atoms with Crippen molar-refractivity contribution in [3.63, 3.8) is 0 Å². The summed E-state index contributed by atoms with van der Waals surface area (Å²) in [5.74, 6) is 0.734. The molecule has 0 fully saturated rings. The molecular formula is C9H17N3. The zero-order valence-corrected chi connectivity index (χ0v) is 8.20. The van der Waals surface area contributed by atoms with Gasteiger partial charge in [-0.3, -0.25) is 0 Å². The van der Waals surface area contributed by atoms with E-state index in [0.29, 0.717) is 6.04 Å². The number of hydrogen-bond acceptors (Lipinski definition) is 2. The Hall–Kier alpha value is -0.990. The molecule has 0 aliphatic heterocycles. The first-order valence-electron chi connectivity index (χ1n) is 4.22. The van der Waals surface area contributed by atoms with Crippen LogP contribution in [0.2, 0.25) is 0 Å². The first-order chi connectivity index (χ1) is 5.43. The summed E-state index contributed by atoms with van der Waals surface area (Å²) in [5.41, 5.74) is 5.93. The number of nitrogens with zero attached hydrogens (tertiary/aromatic N) is 2. The van der Waals surface area contributed by atoms with Crippen LogP contribution in [-0.2, 0) is 0 Å². The first kappa shape index (κ1) is 9.10. The van der Waals surface area contributed by atoms with Gasteiger partial charge < -0.3 is 5.73 Å². The monoisotopic (exact) mass is 167 g/mol. The molecule has 0 bridgehead atoms. The molecule has 0 radical (unpaired) electrons. The topological polar surface area (TPSA) is 43.8 Å². The van der Waals surface area contributed by atoms with Crippen LogP contribution in [0.25, 0.3) is 0 Å². The van der Waals surface area contributed by atoms with Crippen molar-refractivity contribution in [2.45, 2.75) is 33.7 Å². The zero-order chi connectivity index (χ0) is 9.35. The normalized spacial score (nSPS) is 14.7. The molecule has 1 rings (SSSR count). The highest BCUT2D eigenvalue weighted by Crippen LogP contribution is 2.30. The van der Waals surface area contributed by atoms with Crippen molar-refractivity contribution >= 4 is 5.82 Å². The Morgan fingerprint density at radius 1 is 1.50 bits per heavy atom. The lowest BCUT2D eigenvalue weighted by molar-refractivity contribution is 0.247. The summed E-state index contributed by atoms with van der Waals surface area (Å²) in [5, 5.41) is 4.17. The molecule has 1 heterocycles. The molecule has 3 nitrogen and oxygen atoms in total. The Bertz CT molecular complexity index is 257. The summed E-state index contributed by atoms with van der Waals surface area (Å²) in [6.07, 6.45) is 1.73. The molecular weight excluding hydrogens is 150 g/mol. The van der Waals surface area contributed by atoms with E-state index in [1.807, 2.05) is 10.7 Å². The van der Waals surface area contributed by atoms with Crippen LogP contribution in [0.15, 0.2) is 12.3 Å². The second-order valence-electron chi connectivity index (χ2n) is 4.24. The molecule has 3 heteroatoms. The van der Waals surface area contributed by atoms with Gasteiger partial charge in [-0.15, -0.1) is 0 Å². The molecule has 1 aromatic heterocycles. The number of aromatic nitrogens is 2. The maximum Gasteiger partial charge on any atom is 0.121 e. The number of rotatable bonds is 1. The van der Waals surface area contributed by atoms with Crippen LogP contribution in [0.5, 0.6) is 0 Å². The number of hydrogen-bond donors (Lipinski definition) is 1. The van der Waals surface area contributed by atoms with Gasteiger partial charge in [0.2, 0.25) is 0 Å². The van der Waals surface area contributed by atoms with Gasteiger partial charge >= 0.3 is 0 Å². The Balaban J connectivity index is 2.92. The third-order valence-corrected chi connectivity index (χ3v) is 2.32. The minimum absolute atomic E-state index is 0.195. The Kier molecular flexibility index (Phi) is 2.13. The van der Waals surface area contributed by atoms with E-state index in [9.17, 15) is 0 Å². The smallest absolute Gasteiger partial charge is 0.121 e. The molecule has 1 atom stereocenters. The van der Waals surface area contributed by atoms with Crippen molar-refractivity contribution in [1.82, 2.24) is 9.78 Å². The van der Waals surface area contributed by atoms with E-state index in [4.69, 9.17) is 5.73 Å². The predicted molar refractivity (Wildman–Crippen MR) is 50.8 cm³/mol. The third kappa shape index (κ3) is 1.60. The van der Waals surface area contributed by atoms with E-state index in [2.05, 4.69) is 32.8 Å². The van der Waals surface area contributed by atoms with Crippen molar-refractivity contribution in [3.05, 3.63) is 12.3 Å². The minimum Gasteiger partial charge on any atom is -0.384 e. The van der Waals surface area contributed by atoms with Crippen molar-refractivity contribution in [2.75, 3.05) is 5.73 Å². The van der Waals surface area contributed by atoms with Crippen LogP contribution >= 0.6 is 0 Å². The lowest BCUT2D eigenvalue weighted by atomic mass is 9.88. The summed E-state index contributed by atoms with van der Waals surface area (Å²) < 4.78 is 1.86. The first-order valence-corrected chi connectivity index (χ1v) is 4.22. The maximum absolute atomic E-state index is 5.74. The van der Waals surface area contributed by atoms with E-state index in [0.717, 1.165) is 5.82 Å². The Morgan fingerprint density at radius 2 is 2.08 bits per heavy atom. The molecule has 0 amide bonds. The van der Waals surface area contributed by atoms with Crippen LogP contribution in [0.1, 0.15) is 33.7 Å². The molecule has 1 unspecified atom stereocenters. The van der Waals surface area contributed by atoms with Crippen LogP contribution in [0.3, 0.4) is 0 Å². The van der Waals surface area contributed by atoms with Gasteiger partial charge in [0, 0.05) is 0 Å². The predicted octanol–water partition coefficient (Wildman–Crippen LogP) is 2.07. The molecule has 0 aliphatic carbocycles. The van der Waals surface area contributed by atoms with Crippen LogP contribution in [-0.4, -0.2) is 9.78 Å². The van der Waals surface area contributed by atoms with Crippen molar-refractivity contribution < 1.29 is 0 Å². The fourth-order valence-electron chi connectivity index (χ4n) is 1.02. The van der Waals surface area contributed by atoms with Gasteiger partial charge in [0.05, 0.1) is 12.2 Å². The number of anilines is 1. The average molecular weight is 167 g/mol. The molecule has 0 aromatic carbocycles. The van der Waals surface area contributed by atoms with Gasteiger partial charge in [0.15, 0.2) is 0 Å². The lowest BCUT2D eigenvalue weighted by Gasteiger charge is -2.28. The molecule has 2 N–H and O–H groups in total. The van der Waals surface area contributed by atoms with Crippen LogP contribution in [0, 0.1) is 5.41 Å². The van der Waals surface area contributed by atoms with E-state index < -0.39 is 0 Å². The van der Waals surface area contributed by atoms with Crippen molar-refractivity contribution in [2.24, 2.45) is 5.41 Å². The summed E-state index contributed by atoms with van der Waals surface area (Å²) in [6.45, 7) is 8.67. The molecule has 0 saturated heterocycles. The highest BCUT2D eigenvalue weighted by Gasteiger charge is 2.23. The highest BCUT2D eigenvalue weighted by atomic mass is 15.3. The van der Waals surface area contributed by atoms with Crippen LogP contribution < -0.4 is 5.73 Å². The van der Waals surface area contributed by atoms with Gasteiger partial charge in [-0.2, -0.15) is 5.10 Å². The quantitative estimate of drug-likeness (QED) is 0.695. The second kappa shape index (κ2) is 2.81. The van der Waals surface area contributed by atoms with E-state index in [1.54, 1.807) is 6.20 Å². The Labute approximate surface area is 73.6 Å². The van der Waals surface area contributed by atoms with Gasteiger partial charge in [0.25, 0.3) is 0 Å². The minimum atomic E-state index is 0.195. The number of nitrogens with two attached hydrogens (primary N) is 1. The molecule has 68 valence electrons. The van der Waals surface area contributed by atoms with Gasteiger partial charge in [-0.05, 0) is 18.4 Å². The van der Waals surface area contributed by atoms with Crippen molar-refractivity contribution in [3.8, 4) is 0 Å². The molecule has 0 spiro atoms. The average Bonchev–Trinajstić information content (AvgIpc) is 2.31. The SMILES string of the molecule is CC(n1nccc1N)C(C)(C)C. The lowest BCUT2D eigenvalue weighted by Crippen LogP contribution is -2.23. The van der Waals surface area contributed by atoms with E-state index in [1.165, 1.54) is 0 Å². The fraction of sp³-hybridized carbons (Fsp3) is 0.667. The summed E-state index contributed by atoms with van der Waals surface area (Å²) in [7, 11) is 0. The summed E-state index contributed by atoms with van der Waals surface area (Å²) >= 11 is 0. The van der Waals surface area contributed by atoms with Gasteiger partial charge in [0.1, 0.15) is 5.82 Å². The Morgan fingerprint density at radius 3 is 2.42 bits per heavy atom. The summed E-state index contributed by atoms with van der Waals surface area (Å²) in [6, 6.07) is 2.15. The van der Waals surface area contributed by atoms with E-state index >= 15 is 0 Å². The second-order valence-corrected chi connectivity index (χ2v) is 4.24. The zero-order valence-electron chi connectivity index (χ0n) is 8.20. The fourth-order valence-corrected chi connectivity index (χ4v) is 1.02. The van der Waals surface area contributed by atoms with Gasteiger partial charge in [-0.25, -0.2) is 4.68 Å². The maximum atomic E-state index is 5.74. The largest absolute Gasteiger partial charge is 0.384 e. The highest BCUT2D eigenvalue weighted by molar-refractivity contribution is 5.26. The molecule has 0 saturated carbocycles. The van der Waals surface area contributed by atoms with Crippen molar-refractivity contribution in [1.29, 1.82) is 0 Å². The standard InChI is InChI=1S/C9H17N3/c1-7(9(2,3)4)12-8(10)5-6-11-12/h5-7H,10H2,1-4H3. The van der Waals surface area contributed by atoms with E-state index in [-0.39, 0.29) is 5.41 Å². The van der Waals surface area contributed by atoms with Crippen LogP contribution in [0.4, 0.5) is 5.82 Å². The summed E-state index contributed by atoms with van der Waals surface area (Å²) in [4.78, 5) is 0.